The molecule has 0 N–H and O–H groups in total. The van der Waals surface area contributed by atoms with Crippen molar-refractivity contribution in [2.24, 2.45) is 0 Å². The van der Waals surface area contributed by atoms with Crippen LogP contribution in [-0.4, -0.2) is 15.4 Å². The van der Waals surface area contributed by atoms with Gasteiger partial charge in [0.15, 0.2) is 4.54 Å². The van der Waals surface area contributed by atoms with E-state index in [4.69, 9.17) is 0 Å². The fourth-order valence-electron chi connectivity index (χ4n) is 3.95. The second-order valence-electron chi connectivity index (χ2n) is 7.33. The number of hydrogen-bond donors (Lipinski definition) is 0. The first kappa shape index (κ1) is 17.6. The summed E-state index contributed by atoms with van der Waals surface area (Å²) in [5.74, 6) is 0.250. The molecule has 5 heteroatoms. The fraction of sp³-hybridized carbons (Fsp3) is 0.364. The molecule has 4 rings (SSSR count). The Bertz CT molecular complexity index is 1080. The first-order valence-electron chi connectivity index (χ1n) is 9.76. The van der Waals surface area contributed by atoms with Crippen LogP contribution in [-0.2, 0) is 0 Å². The first-order valence-corrected chi connectivity index (χ1v) is 9.76. The van der Waals surface area contributed by atoms with Gasteiger partial charge >= 0.3 is 5.52 Å². The molecule has 27 heavy (non-hydrogen) atoms. The van der Waals surface area contributed by atoms with Crippen LogP contribution < -0.4 is 4.54 Å². The van der Waals surface area contributed by atoms with Crippen molar-refractivity contribution in [3.05, 3.63) is 64.3 Å². The Hall–Kier alpha value is -2.82. The number of aromatic nitrogens is 3. The summed E-state index contributed by atoms with van der Waals surface area (Å²) in [6.45, 7) is 4.37. The van der Waals surface area contributed by atoms with Gasteiger partial charge in [-0.2, -0.15) is 0 Å². The zero-order chi connectivity index (χ0) is 19.0. The molecule has 0 aliphatic carbocycles. The number of benzene rings is 2. The third kappa shape index (κ3) is 2.87. The van der Waals surface area contributed by atoms with E-state index >= 15 is 0 Å². The molecule has 1 aromatic heterocycles. The normalized spacial score (nSPS) is 13.6. The molecule has 0 saturated carbocycles. The molecule has 1 unspecified atom stereocenters. The summed E-state index contributed by atoms with van der Waals surface area (Å²) in [4.78, 5) is 30.5. The van der Waals surface area contributed by atoms with Crippen molar-refractivity contribution < 1.29 is 9.34 Å². The molecule has 0 radical (unpaired) electrons. The summed E-state index contributed by atoms with van der Waals surface area (Å²) in [5.41, 5.74) is 3.27. The average molecular weight is 362 g/mol. The molecule has 0 amide bonds. The van der Waals surface area contributed by atoms with E-state index in [1.807, 2.05) is 30.3 Å². The molecule has 138 valence electrons. The van der Waals surface area contributed by atoms with Crippen molar-refractivity contribution in [2.75, 3.05) is 0 Å². The number of para-hydroxylation sites is 2. The molecular formula is C22H24N3O2+. The van der Waals surface area contributed by atoms with Crippen LogP contribution in [0.2, 0.25) is 0 Å². The Morgan fingerprint density at radius 3 is 2.70 bits per heavy atom. The van der Waals surface area contributed by atoms with E-state index in [-0.39, 0.29) is 17.5 Å². The molecule has 3 aromatic rings. The van der Waals surface area contributed by atoms with Gasteiger partial charge in [-0.15, -0.1) is 0 Å². The minimum Gasteiger partial charge on any atom is -0.285 e. The maximum atomic E-state index is 13.3. The minimum atomic E-state index is -0.199. The lowest BCUT2D eigenvalue weighted by Gasteiger charge is -2.11. The van der Waals surface area contributed by atoms with Gasteiger partial charge < -0.3 is 0 Å². The summed E-state index contributed by atoms with van der Waals surface area (Å²) < 4.78 is 2.27. The van der Waals surface area contributed by atoms with Gasteiger partial charge in [-0.05, 0) is 35.2 Å². The second kappa shape index (κ2) is 7.06. The first-order chi connectivity index (χ1) is 13.1. The number of nitrogens with zero attached hydrogens (tertiary/aromatic N) is 3. The van der Waals surface area contributed by atoms with Gasteiger partial charge in [0.1, 0.15) is 11.2 Å². The maximum Gasteiger partial charge on any atom is 0.321 e. The molecule has 5 nitrogen and oxygen atoms in total. The third-order valence-corrected chi connectivity index (χ3v) is 5.45. The number of rotatable bonds is 6. The Morgan fingerprint density at radius 2 is 1.89 bits per heavy atom. The van der Waals surface area contributed by atoms with E-state index in [1.165, 1.54) is 23.9 Å². The van der Waals surface area contributed by atoms with Gasteiger partial charge in [0.05, 0.1) is 10.5 Å². The van der Waals surface area contributed by atoms with Crippen LogP contribution in [0.15, 0.2) is 42.5 Å². The highest BCUT2D eigenvalue weighted by molar-refractivity contribution is 6.12. The van der Waals surface area contributed by atoms with Gasteiger partial charge in [0.25, 0.3) is 0 Å². The van der Waals surface area contributed by atoms with E-state index in [1.54, 1.807) is 12.1 Å². The number of fused-ring (bicyclic) bond motifs is 4. The predicted octanol–water partition coefficient (Wildman–Crippen LogP) is 4.56. The topological polar surface area (TPSA) is 57.9 Å². The average Bonchev–Trinajstić information content (AvgIpc) is 2.97. The van der Waals surface area contributed by atoms with Gasteiger partial charge in [0.2, 0.25) is 11.6 Å². The SMILES string of the molecule is CCCCCCC(C)c1cccc2nc3n([n+](=O)c12)-c1ccccc1C3=O. The monoisotopic (exact) mass is 362 g/mol. The number of ketones is 1. The number of hydrogen-bond acceptors (Lipinski definition) is 3. The van der Waals surface area contributed by atoms with Crippen LogP contribution in [0, 0.1) is 4.91 Å². The molecule has 1 atom stereocenters. The van der Waals surface area contributed by atoms with Gasteiger partial charge in [-0.1, -0.05) is 63.8 Å². The van der Waals surface area contributed by atoms with E-state index in [0.717, 1.165) is 22.9 Å². The molecule has 0 saturated heterocycles. The molecule has 0 fully saturated rings. The molecule has 0 bridgehead atoms. The van der Waals surface area contributed by atoms with E-state index in [0.29, 0.717) is 22.3 Å². The second-order valence-corrected chi connectivity index (χ2v) is 7.33. The van der Waals surface area contributed by atoms with Crippen molar-refractivity contribution in [2.45, 2.75) is 51.9 Å². The van der Waals surface area contributed by atoms with Gasteiger partial charge in [-0.25, -0.2) is 4.98 Å². The Labute approximate surface area is 158 Å². The summed E-state index contributed by atoms with van der Waals surface area (Å²) in [7, 11) is 0. The van der Waals surface area contributed by atoms with Crippen LogP contribution in [0.1, 0.15) is 73.6 Å². The lowest BCUT2D eigenvalue weighted by Crippen LogP contribution is -2.33. The Kier molecular flexibility index (Phi) is 4.60. The van der Waals surface area contributed by atoms with Gasteiger partial charge in [0, 0.05) is 5.56 Å². The van der Waals surface area contributed by atoms with E-state index in [2.05, 4.69) is 18.8 Å². The fourth-order valence-corrected chi connectivity index (χ4v) is 3.95. The van der Waals surface area contributed by atoms with Crippen molar-refractivity contribution in [3.8, 4) is 5.69 Å². The smallest absolute Gasteiger partial charge is 0.285 e. The van der Waals surface area contributed by atoms with Crippen molar-refractivity contribution in [1.29, 1.82) is 0 Å². The third-order valence-electron chi connectivity index (χ3n) is 5.45. The molecule has 0 spiro atoms. The Balaban J connectivity index is 1.84. The van der Waals surface area contributed by atoms with Crippen LogP contribution in [0.3, 0.4) is 0 Å². The Morgan fingerprint density at radius 1 is 1.07 bits per heavy atom. The molecule has 1 aliphatic heterocycles. The number of unbranched alkanes of at least 4 members (excludes halogenated alkanes) is 3. The summed E-state index contributed by atoms with van der Waals surface area (Å²) in [5, 5.41) is 0. The zero-order valence-corrected chi connectivity index (χ0v) is 15.8. The van der Waals surface area contributed by atoms with Gasteiger partial charge in [-0.3, -0.25) is 4.79 Å². The number of carbonyl (C=O) groups excluding carboxylic acids is 1. The summed E-state index contributed by atoms with van der Waals surface area (Å²) >= 11 is 0. The van der Waals surface area contributed by atoms with Crippen molar-refractivity contribution in [3.63, 3.8) is 0 Å². The molecule has 2 aromatic carbocycles. The van der Waals surface area contributed by atoms with Crippen molar-refractivity contribution in [1.82, 2.24) is 9.67 Å². The quantitative estimate of drug-likeness (QED) is 0.373. The summed E-state index contributed by atoms with van der Waals surface area (Å²) in [6, 6.07) is 12.9. The van der Waals surface area contributed by atoms with Crippen LogP contribution in [0.5, 0.6) is 0 Å². The van der Waals surface area contributed by atoms with Crippen LogP contribution >= 0.6 is 0 Å². The van der Waals surface area contributed by atoms with E-state index in [9.17, 15) is 9.70 Å². The zero-order valence-electron chi connectivity index (χ0n) is 15.8. The lowest BCUT2D eigenvalue weighted by atomic mass is 9.93. The van der Waals surface area contributed by atoms with Crippen LogP contribution in [0.25, 0.3) is 16.7 Å². The van der Waals surface area contributed by atoms with E-state index < -0.39 is 0 Å². The van der Waals surface area contributed by atoms with Crippen LogP contribution in [0.4, 0.5) is 0 Å². The minimum absolute atomic E-state index is 0.187. The highest BCUT2D eigenvalue weighted by atomic mass is 16.3. The summed E-state index contributed by atoms with van der Waals surface area (Å²) in [6.07, 6.45) is 5.86. The molecule has 1 aliphatic rings. The predicted molar refractivity (Wildman–Crippen MR) is 105 cm³/mol. The number of carbonyl (C=O) groups is 1. The van der Waals surface area contributed by atoms with Crippen molar-refractivity contribution >= 4 is 16.8 Å². The molecule has 2 heterocycles. The standard InChI is InChI=1S/C22H24N3O2/c1-3-4-5-6-10-15(2)16-12-9-13-18-20(16)25(27)24-19-14-8-7-11-17(19)21(26)22(24)23-18/h7-9,11-15H,3-6,10H2,1-2H3/q+1. The lowest BCUT2D eigenvalue weighted by molar-refractivity contribution is -0.559. The highest BCUT2D eigenvalue weighted by Crippen LogP contribution is 2.29. The largest absolute Gasteiger partial charge is 0.321 e. The highest BCUT2D eigenvalue weighted by Gasteiger charge is 2.36. The maximum absolute atomic E-state index is 13.3. The molecular weight excluding hydrogens is 338 g/mol.